The van der Waals surface area contributed by atoms with Crippen LogP contribution in [0.4, 0.5) is 0 Å². The van der Waals surface area contributed by atoms with Crippen molar-refractivity contribution >= 4 is 28.1 Å². The summed E-state index contributed by atoms with van der Waals surface area (Å²) in [4.78, 5) is 19.9. The van der Waals surface area contributed by atoms with Gasteiger partial charge in [0.1, 0.15) is 0 Å². The molecular formula is C26H26BrN5O2. The predicted octanol–water partition coefficient (Wildman–Crippen LogP) is 3.80. The van der Waals surface area contributed by atoms with E-state index in [1.54, 1.807) is 6.21 Å². The smallest absolute Gasteiger partial charge is 0.256 e. The fourth-order valence-electron chi connectivity index (χ4n) is 5.15. The summed E-state index contributed by atoms with van der Waals surface area (Å²) in [6, 6.07) is 18.7. The number of carbonyl (C=O) groups is 1. The summed E-state index contributed by atoms with van der Waals surface area (Å²) in [5.74, 6) is 0.806. The zero-order valence-corrected chi connectivity index (χ0v) is 20.4. The summed E-state index contributed by atoms with van der Waals surface area (Å²) >= 11 is 3.63. The lowest BCUT2D eigenvalue weighted by Crippen LogP contribution is -2.47. The van der Waals surface area contributed by atoms with Gasteiger partial charge in [0.05, 0.1) is 28.8 Å². The quantitative estimate of drug-likeness (QED) is 0.665. The number of nitrogens with zero attached hydrogens (tertiary/aromatic N) is 4. The van der Waals surface area contributed by atoms with E-state index < -0.39 is 0 Å². The molecule has 34 heavy (non-hydrogen) atoms. The van der Waals surface area contributed by atoms with Gasteiger partial charge in [-0.3, -0.25) is 4.79 Å². The van der Waals surface area contributed by atoms with Crippen molar-refractivity contribution in [1.82, 2.24) is 20.5 Å². The molecule has 2 aromatic carbocycles. The Morgan fingerprint density at radius 3 is 2.68 bits per heavy atom. The van der Waals surface area contributed by atoms with Crippen LogP contribution in [-0.2, 0) is 28.3 Å². The number of hydrazine groups is 2. The maximum atomic E-state index is 13.4. The molecule has 2 aromatic rings. The predicted molar refractivity (Wildman–Crippen MR) is 133 cm³/mol. The van der Waals surface area contributed by atoms with Crippen LogP contribution in [0.1, 0.15) is 29.5 Å². The summed E-state index contributed by atoms with van der Waals surface area (Å²) in [6.07, 6.45) is 5.18. The lowest BCUT2D eigenvalue weighted by atomic mass is 9.83. The van der Waals surface area contributed by atoms with Crippen LogP contribution in [0.3, 0.4) is 0 Å². The number of hydrogen-bond acceptors (Lipinski definition) is 6. The summed E-state index contributed by atoms with van der Waals surface area (Å²) in [7, 11) is 0. The minimum absolute atomic E-state index is 0.00923. The Kier molecular flexibility index (Phi) is 5.61. The molecule has 0 radical (unpaired) electrons. The zero-order chi connectivity index (χ0) is 23.1. The van der Waals surface area contributed by atoms with Crippen molar-refractivity contribution in [2.24, 2.45) is 4.99 Å². The Balaban J connectivity index is 1.14. The number of halogens is 1. The molecule has 4 heterocycles. The number of nitrogens with one attached hydrogen (secondary N) is 1. The van der Waals surface area contributed by atoms with Crippen LogP contribution < -0.4 is 5.43 Å². The van der Waals surface area contributed by atoms with Crippen LogP contribution in [0, 0.1) is 0 Å². The molecule has 0 unspecified atom stereocenters. The molecule has 7 nitrogen and oxygen atoms in total. The molecule has 6 rings (SSSR count). The van der Waals surface area contributed by atoms with Gasteiger partial charge in [0.15, 0.2) is 5.82 Å². The highest BCUT2D eigenvalue weighted by Gasteiger charge is 2.43. The first-order chi connectivity index (χ1) is 16.6. The molecule has 174 valence electrons. The van der Waals surface area contributed by atoms with Gasteiger partial charge in [-0.15, -0.1) is 5.12 Å². The van der Waals surface area contributed by atoms with E-state index >= 15 is 0 Å². The van der Waals surface area contributed by atoms with Gasteiger partial charge in [-0.05, 0) is 45.5 Å². The van der Waals surface area contributed by atoms with Crippen LogP contribution in [0.25, 0.3) is 0 Å². The van der Waals surface area contributed by atoms with Crippen molar-refractivity contribution in [1.29, 1.82) is 0 Å². The van der Waals surface area contributed by atoms with Gasteiger partial charge in [-0.1, -0.05) is 54.6 Å². The van der Waals surface area contributed by atoms with E-state index in [2.05, 4.69) is 62.7 Å². The van der Waals surface area contributed by atoms with Crippen LogP contribution >= 0.6 is 15.9 Å². The van der Waals surface area contributed by atoms with Gasteiger partial charge >= 0.3 is 0 Å². The van der Waals surface area contributed by atoms with Crippen LogP contribution in [-0.4, -0.2) is 46.8 Å². The number of carbonyl (C=O) groups excluding carboxylic acids is 1. The van der Waals surface area contributed by atoms with E-state index in [1.165, 1.54) is 16.7 Å². The Morgan fingerprint density at radius 2 is 1.85 bits per heavy atom. The molecule has 1 N–H and O–H groups in total. The molecule has 4 aliphatic rings. The van der Waals surface area contributed by atoms with Crippen LogP contribution in [0.15, 0.2) is 81.7 Å². The second kappa shape index (κ2) is 8.78. The number of aliphatic imine (C=N–C) groups is 1. The summed E-state index contributed by atoms with van der Waals surface area (Å²) in [6.45, 7) is 3.32. The Labute approximate surface area is 207 Å². The minimum atomic E-state index is -0.254. The first-order valence-corrected chi connectivity index (χ1v) is 12.4. The summed E-state index contributed by atoms with van der Waals surface area (Å²) in [5, 5.41) is 3.90. The molecule has 8 heteroatoms. The van der Waals surface area contributed by atoms with Crippen molar-refractivity contribution in [2.45, 2.75) is 31.6 Å². The largest absolute Gasteiger partial charge is 0.365 e. The number of hydrogen-bond donors (Lipinski definition) is 1. The standard InChI is InChI=1S/C26H26BrN5O2/c27-23-17-32(29-14-19-6-2-1-3-7-19)31-16-21(15-28-24(23)31)25(33)30-12-10-26(11-13-30)22-9-5-4-8-20(22)18-34-26/h1-9,15-16,29H,10-14,17-18H2. The number of fused-ring (bicyclic) bond motifs is 3. The first kappa shape index (κ1) is 21.7. The van der Waals surface area contributed by atoms with Crippen molar-refractivity contribution in [3.8, 4) is 0 Å². The zero-order valence-electron chi connectivity index (χ0n) is 18.8. The van der Waals surface area contributed by atoms with Crippen molar-refractivity contribution in [2.75, 3.05) is 19.6 Å². The van der Waals surface area contributed by atoms with Gasteiger partial charge in [0.2, 0.25) is 0 Å². The highest BCUT2D eigenvalue weighted by atomic mass is 79.9. The average Bonchev–Trinajstić information content (AvgIpc) is 3.41. The average molecular weight is 520 g/mol. The van der Waals surface area contributed by atoms with Gasteiger partial charge in [-0.25, -0.2) is 15.4 Å². The maximum Gasteiger partial charge on any atom is 0.256 e. The third-order valence-electron chi connectivity index (χ3n) is 7.02. The van der Waals surface area contributed by atoms with Gasteiger partial charge in [0, 0.05) is 32.0 Å². The molecule has 1 saturated heterocycles. The maximum absolute atomic E-state index is 13.4. The number of amides is 1. The van der Waals surface area contributed by atoms with Gasteiger partial charge in [-0.2, -0.15) is 0 Å². The lowest BCUT2D eigenvalue weighted by Gasteiger charge is -2.39. The normalized spacial score (nSPS) is 21.1. The molecule has 4 aliphatic heterocycles. The third kappa shape index (κ3) is 3.80. The Bertz CT molecular complexity index is 1200. The number of likely N-dealkylation sites (tertiary alicyclic amines) is 1. The van der Waals surface area contributed by atoms with Gasteiger partial charge in [0.25, 0.3) is 5.91 Å². The van der Waals surface area contributed by atoms with E-state index in [4.69, 9.17) is 4.74 Å². The molecule has 0 saturated carbocycles. The van der Waals surface area contributed by atoms with Crippen LogP contribution in [0.5, 0.6) is 0 Å². The van der Waals surface area contributed by atoms with E-state index in [1.807, 2.05) is 39.4 Å². The van der Waals surface area contributed by atoms with E-state index in [9.17, 15) is 4.79 Å². The fraction of sp³-hybridized carbons (Fsp3) is 0.308. The molecular weight excluding hydrogens is 494 g/mol. The lowest BCUT2D eigenvalue weighted by molar-refractivity contribution is -0.134. The first-order valence-electron chi connectivity index (χ1n) is 11.6. The van der Waals surface area contributed by atoms with Crippen LogP contribution in [0.2, 0.25) is 0 Å². The summed E-state index contributed by atoms with van der Waals surface area (Å²) < 4.78 is 7.23. The molecule has 0 bridgehead atoms. The third-order valence-corrected chi connectivity index (χ3v) is 7.63. The number of rotatable bonds is 4. The fourth-order valence-corrected chi connectivity index (χ4v) is 5.67. The van der Waals surface area contributed by atoms with E-state index in [0.717, 1.165) is 23.1 Å². The van der Waals surface area contributed by atoms with Crippen molar-refractivity contribution in [3.05, 3.63) is 93.4 Å². The SMILES string of the molecule is O=C(C1=CN2C(=C(Br)CN2NCc2ccccc2)N=C1)N1CCC2(CC1)OCc1ccccc12. The molecule has 1 spiro atoms. The Hall–Kier alpha value is -2.78. The van der Waals surface area contributed by atoms with Crippen molar-refractivity contribution < 1.29 is 9.53 Å². The second-order valence-electron chi connectivity index (χ2n) is 9.03. The van der Waals surface area contributed by atoms with Gasteiger partial charge < -0.3 is 9.64 Å². The number of ether oxygens (including phenoxy) is 1. The Morgan fingerprint density at radius 1 is 1.09 bits per heavy atom. The molecule has 0 atom stereocenters. The second-order valence-corrected chi connectivity index (χ2v) is 9.98. The monoisotopic (exact) mass is 519 g/mol. The van der Waals surface area contributed by atoms with E-state index in [-0.39, 0.29) is 11.5 Å². The molecule has 1 fully saturated rings. The van der Waals surface area contributed by atoms with E-state index in [0.29, 0.717) is 38.4 Å². The molecule has 0 aromatic heterocycles. The number of benzene rings is 2. The summed E-state index contributed by atoms with van der Waals surface area (Å²) in [5.41, 5.74) is 7.51. The molecule has 1 amide bonds. The van der Waals surface area contributed by atoms with Crippen molar-refractivity contribution in [3.63, 3.8) is 0 Å². The topological polar surface area (TPSA) is 60.4 Å². The number of piperidine rings is 1. The molecule has 0 aliphatic carbocycles. The highest BCUT2D eigenvalue weighted by Crippen LogP contribution is 2.44. The highest BCUT2D eigenvalue weighted by molar-refractivity contribution is 9.11. The minimum Gasteiger partial charge on any atom is -0.365 e.